The zero-order valence-electron chi connectivity index (χ0n) is 10.7. The normalized spacial score (nSPS) is 15.8. The second kappa shape index (κ2) is 5.87. The lowest BCUT2D eigenvalue weighted by Crippen LogP contribution is -2.18. The van der Waals surface area contributed by atoms with Crippen molar-refractivity contribution in [2.75, 3.05) is 19.7 Å². The zero-order chi connectivity index (χ0) is 13.0. The third-order valence-electron chi connectivity index (χ3n) is 3.16. The SMILES string of the molecule is CCOC(=O)c1ccc(CN2CCCC2)cc1O. The van der Waals surface area contributed by atoms with E-state index in [0.29, 0.717) is 6.61 Å². The van der Waals surface area contributed by atoms with Gasteiger partial charge in [-0.3, -0.25) is 4.90 Å². The molecule has 18 heavy (non-hydrogen) atoms. The van der Waals surface area contributed by atoms with Crippen molar-refractivity contribution in [1.29, 1.82) is 0 Å². The van der Waals surface area contributed by atoms with Gasteiger partial charge in [0.05, 0.1) is 6.61 Å². The van der Waals surface area contributed by atoms with Gasteiger partial charge in [0.2, 0.25) is 0 Å². The minimum absolute atomic E-state index is 0.00477. The maximum atomic E-state index is 11.5. The van der Waals surface area contributed by atoms with E-state index in [4.69, 9.17) is 4.74 Å². The van der Waals surface area contributed by atoms with Crippen molar-refractivity contribution in [1.82, 2.24) is 4.90 Å². The minimum atomic E-state index is -0.470. The molecule has 0 atom stereocenters. The zero-order valence-corrected chi connectivity index (χ0v) is 10.7. The lowest BCUT2D eigenvalue weighted by Gasteiger charge is -2.15. The lowest BCUT2D eigenvalue weighted by molar-refractivity contribution is 0.0523. The monoisotopic (exact) mass is 249 g/mol. The number of hydrogen-bond donors (Lipinski definition) is 1. The Kier molecular flexibility index (Phi) is 4.20. The molecule has 0 spiro atoms. The Labute approximate surface area is 107 Å². The Morgan fingerprint density at radius 2 is 2.11 bits per heavy atom. The summed E-state index contributed by atoms with van der Waals surface area (Å²) < 4.78 is 4.87. The number of phenols is 1. The second-order valence-corrected chi connectivity index (χ2v) is 4.56. The Morgan fingerprint density at radius 1 is 1.39 bits per heavy atom. The summed E-state index contributed by atoms with van der Waals surface area (Å²) in [7, 11) is 0. The second-order valence-electron chi connectivity index (χ2n) is 4.56. The van der Waals surface area contributed by atoms with Gasteiger partial charge in [0.25, 0.3) is 0 Å². The van der Waals surface area contributed by atoms with Crippen molar-refractivity contribution in [2.45, 2.75) is 26.3 Å². The van der Waals surface area contributed by atoms with E-state index in [2.05, 4.69) is 4.90 Å². The number of phenolic OH excluding ortho intramolecular Hbond substituents is 1. The third-order valence-corrected chi connectivity index (χ3v) is 3.16. The van der Waals surface area contributed by atoms with Gasteiger partial charge in [0.1, 0.15) is 11.3 Å². The Hall–Kier alpha value is -1.55. The number of rotatable bonds is 4. The molecule has 0 aromatic heterocycles. The van der Waals surface area contributed by atoms with E-state index >= 15 is 0 Å². The van der Waals surface area contributed by atoms with Gasteiger partial charge in [0, 0.05) is 6.54 Å². The highest BCUT2D eigenvalue weighted by molar-refractivity contribution is 5.92. The van der Waals surface area contributed by atoms with Crippen LogP contribution < -0.4 is 0 Å². The molecule has 4 nitrogen and oxygen atoms in total. The first-order valence-electron chi connectivity index (χ1n) is 6.42. The average Bonchev–Trinajstić information content (AvgIpc) is 2.82. The highest BCUT2D eigenvalue weighted by atomic mass is 16.5. The molecule has 0 amide bonds. The van der Waals surface area contributed by atoms with Crippen molar-refractivity contribution in [3.05, 3.63) is 29.3 Å². The quantitative estimate of drug-likeness (QED) is 0.831. The molecule has 1 aromatic rings. The van der Waals surface area contributed by atoms with Crippen LogP contribution in [0.2, 0.25) is 0 Å². The van der Waals surface area contributed by atoms with Crippen LogP contribution in [-0.4, -0.2) is 35.7 Å². The summed E-state index contributed by atoms with van der Waals surface area (Å²) in [6.45, 7) is 5.11. The summed E-state index contributed by atoms with van der Waals surface area (Å²) in [5.74, 6) is -0.465. The fraction of sp³-hybridized carbons (Fsp3) is 0.500. The molecule has 0 saturated carbocycles. The van der Waals surface area contributed by atoms with Crippen LogP contribution in [0.4, 0.5) is 0 Å². The van der Waals surface area contributed by atoms with E-state index in [0.717, 1.165) is 25.2 Å². The first-order valence-corrected chi connectivity index (χ1v) is 6.42. The van der Waals surface area contributed by atoms with Gasteiger partial charge in [-0.25, -0.2) is 4.79 Å². The summed E-state index contributed by atoms with van der Waals surface area (Å²) in [4.78, 5) is 13.9. The molecule has 1 aliphatic heterocycles. The van der Waals surface area contributed by atoms with E-state index < -0.39 is 5.97 Å². The third kappa shape index (κ3) is 3.01. The van der Waals surface area contributed by atoms with Gasteiger partial charge >= 0.3 is 5.97 Å². The molecule has 0 aliphatic carbocycles. The fourth-order valence-electron chi connectivity index (χ4n) is 2.26. The number of carbonyl (C=O) groups excluding carboxylic acids is 1. The number of aromatic hydroxyl groups is 1. The van der Waals surface area contributed by atoms with E-state index in [1.54, 1.807) is 19.1 Å². The maximum absolute atomic E-state index is 11.5. The number of carbonyl (C=O) groups is 1. The molecule has 1 N–H and O–H groups in total. The number of benzene rings is 1. The van der Waals surface area contributed by atoms with Gasteiger partial charge in [-0.2, -0.15) is 0 Å². The summed E-state index contributed by atoms with van der Waals surface area (Å²) in [6, 6.07) is 5.17. The van der Waals surface area contributed by atoms with Gasteiger partial charge in [0.15, 0.2) is 0 Å². The molecular formula is C14H19NO3. The van der Waals surface area contributed by atoms with Crippen molar-refractivity contribution in [3.8, 4) is 5.75 Å². The molecule has 1 heterocycles. The number of hydrogen-bond acceptors (Lipinski definition) is 4. The highest BCUT2D eigenvalue weighted by Crippen LogP contribution is 2.22. The van der Waals surface area contributed by atoms with Crippen LogP contribution >= 0.6 is 0 Å². The van der Waals surface area contributed by atoms with Gasteiger partial charge < -0.3 is 9.84 Å². The van der Waals surface area contributed by atoms with Crippen LogP contribution in [0, 0.1) is 0 Å². The first kappa shape index (κ1) is 12.9. The van der Waals surface area contributed by atoms with Crippen molar-refractivity contribution < 1.29 is 14.6 Å². The number of ether oxygens (including phenoxy) is 1. The number of likely N-dealkylation sites (tertiary alicyclic amines) is 1. The number of esters is 1. The molecule has 0 bridgehead atoms. The van der Waals surface area contributed by atoms with Crippen molar-refractivity contribution in [3.63, 3.8) is 0 Å². The first-order chi connectivity index (χ1) is 8.70. The van der Waals surface area contributed by atoms with E-state index in [1.165, 1.54) is 12.8 Å². The predicted molar refractivity (Wildman–Crippen MR) is 68.6 cm³/mol. The molecule has 1 fully saturated rings. The van der Waals surface area contributed by atoms with Crippen LogP contribution in [0.25, 0.3) is 0 Å². The molecule has 1 saturated heterocycles. The maximum Gasteiger partial charge on any atom is 0.341 e. The summed E-state index contributed by atoms with van der Waals surface area (Å²) in [6.07, 6.45) is 2.49. The molecular weight excluding hydrogens is 230 g/mol. The van der Waals surface area contributed by atoms with E-state index in [1.807, 2.05) is 6.07 Å². The molecule has 2 rings (SSSR count). The Balaban J connectivity index is 2.06. The van der Waals surface area contributed by atoms with Crippen LogP contribution in [0.1, 0.15) is 35.7 Å². The van der Waals surface area contributed by atoms with Gasteiger partial charge in [-0.05, 0) is 50.6 Å². The number of nitrogens with zero attached hydrogens (tertiary/aromatic N) is 1. The molecule has 1 aliphatic rings. The highest BCUT2D eigenvalue weighted by Gasteiger charge is 2.15. The minimum Gasteiger partial charge on any atom is -0.507 e. The van der Waals surface area contributed by atoms with Crippen LogP contribution in [-0.2, 0) is 11.3 Å². The summed E-state index contributed by atoms with van der Waals surface area (Å²) in [5.41, 5.74) is 1.27. The lowest BCUT2D eigenvalue weighted by atomic mass is 10.1. The summed E-state index contributed by atoms with van der Waals surface area (Å²) >= 11 is 0. The molecule has 0 radical (unpaired) electrons. The largest absolute Gasteiger partial charge is 0.507 e. The molecule has 4 heteroatoms. The van der Waals surface area contributed by atoms with Crippen molar-refractivity contribution in [2.24, 2.45) is 0 Å². The summed E-state index contributed by atoms with van der Waals surface area (Å²) in [5, 5.41) is 9.84. The van der Waals surface area contributed by atoms with Crippen LogP contribution in [0.5, 0.6) is 5.75 Å². The predicted octanol–water partition coefficient (Wildman–Crippen LogP) is 2.16. The van der Waals surface area contributed by atoms with E-state index in [9.17, 15) is 9.90 Å². The molecule has 98 valence electrons. The van der Waals surface area contributed by atoms with Crippen molar-refractivity contribution >= 4 is 5.97 Å². The fourth-order valence-corrected chi connectivity index (χ4v) is 2.26. The van der Waals surface area contributed by atoms with Crippen LogP contribution in [0.15, 0.2) is 18.2 Å². The van der Waals surface area contributed by atoms with Gasteiger partial charge in [-0.15, -0.1) is 0 Å². The van der Waals surface area contributed by atoms with Gasteiger partial charge in [-0.1, -0.05) is 6.07 Å². The molecule has 0 unspecified atom stereocenters. The standard InChI is InChI=1S/C14H19NO3/c1-2-18-14(17)12-6-5-11(9-13(12)16)10-15-7-3-4-8-15/h5-6,9,16H,2-4,7-8,10H2,1H3. The van der Waals surface area contributed by atoms with Crippen LogP contribution in [0.3, 0.4) is 0 Å². The van der Waals surface area contributed by atoms with E-state index in [-0.39, 0.29) is 11.3 Å². The Bertz CT molecular complexity index is 425. The Morgan fingerprint density at radius 3 is 2.72 bits per heavy atom. The smallest absolute Gasteiger partial charge is 0.341 e. The molecule has 1 aromatic carbocycles. The topological polar surface area (TPSA) is 49.8 Å². The average molecular weight is 249 g/mol.